The molecule has 0 bridgehead atoms. The Hall–Kier alpha value is -2.12. The maximum Gasteiger partial charge on any atom is 0.226 e. The smallest absolute Gasteiger partial charge is 0.226 e. The van der Waals surface area contributed by atoms with Crippen molar-refractivity contribution in [2.24, 2.45) is 4.99 Å². The van der Waals surface area contributed by atoms with Gasteiger partial charge < -0.3 is 15.5 Å². The molecule has 0 saturated heterocycles. The minimum Gasteiger partial charge on any atom is -0.344 e. The third-order valence-electron chi connectivity index (χ3n) is 3.26. The fourth-order valence-electron chi connectivity index (χ4n) is 2.02. The Morgan fingerprint density at radius 1 is 1.30 bits per heavy atom. The van der Waals surface area contributed by atoms with E-state index in [4.69, 9.17) is 23.2 Å². The maximum absolute atomic E-state index is 13.9. The summed E-state index contributed by atoms with van der Waals surface area (Å²) in [5.74, 6) is -0.226. The van der Waals surface area contributed by atoms with Crippen molar-refractivity contribution in [3.8, 4) is 0 Å². The van der Waals surface area contributed by atoms with E-state index in [0.29, 0.717) is 28.2 Å². The number of hydrogen-bond acceptors (Lipinski definition) is 6. The van der Waals surface area contributed by atoms with E-state index >= 15 is 0 Å². The van der Waals surface area contributed by atoms with Crippen LogP contribution in [-0.4, -0.2) is 41.0 Å². The molecule has 0 amide bonds. The Balaban J connectivity index is 1.78. The van der Waals surface area contributed by atoms with E-state index in [-0.39, 0.29) is 12.0 Å². The van der Waals surface area contributed by atoms with Gasteiger partial charge in [0, 0.05) is 12.7 Å². The van der Waals surface area contributed by atoms with Crippen LogP contribution in [0.2, 0.25) is 10.0 Å². The lowest BCUT2D eigenvalue weighted by Crippen LogP contribution is -2.35. The molecular formula is C14H13Cl2FN6. The van der Waals surface area contributed by atoms with Gasteiger partial charge in [0.25, 0.3) is 0 Å². The van der Waals surface area contributed by atoms with Gasteiger partial charge in [-0.25, -0.2) is 9.37 Å². The third kappa shape index (κ3) is 3.62. The SMILES string of the molecule is CN1C=NCC1Nc1ncc(F)c(Nc2ccc(Cl)c(Cl)c2)n1. The van der Waals surface area contributed by atoms with Crippen molar-refractivity contribution in [3.05, 3.63) is 40.3 Å². The predicted octanol–water partition coefficient (Wildman–Crippen LogP) is 3.38. The molecule has 6 nitrogen and oxygen atoms in total. The van der Waals surface area contributed by atoms with Gasteiger partial charge in [-0.1, -0.05) is 23.2 Å². The summed E-state index contributed by atoms with van der Waals surface area (Å²) in [5.41, 5.74) is 0.573. The van der Waals surface area contributed by atoms with Gasteiger partial charge in [0.15, 0.2) is 11.6 Å². The number of likely N-dealkylation sites (N-methyl/N-ethyl adjacent to an activating group) is 1. The highest BCUT2D eigenvalue weighted by atomic mass is 35.5. The second kappa shape index (κ2) is 6.55. The molecule has 0 aliphatic carbocycles. The highest BCUT2D eigenvalue weighted by Gasteiger charge is 2.18. The van der Waals surface area contributed by atoms with Crippen molar-refractivity contribution in [1.82, 2.24) is 14.9 Å². The second-order valence-electron chi connectivity index (χ2n) is 4.95. The molecule has 120 valence electrons. The average Bonchev–Trinajstić information content (AvgIpc) is 2.92. The molecule has 9 heteroatoms. The molecule has 1 aliphatic rings. The number of halogens is 3. The van der Waals surface area contributed by atoms with Crippen LogP contribution < -0.4 is 10.6 Å². The Morgan fingerprint density at radius 2 is 2.13 bits per heavy atom. The largest absolute Gasteiger partial charge is 0.344 e. The number of nitrogens with zero attached hydrogens (tertiary/aromatic N) is 4. The van der Waals surface area contributed by atoms with Crippen LogP contribution >= 0.6 is 23.2 Å². The first-order valence-electron chi connectivity index (χ1n) is 6.76. The standard InChI is InChI=1S/C14H13Cl2FN6/c1-23-7-18-6-12(23)21-14-19-5-11(17)13(22-14)20-8-2-3-9(15)10(16)4-8/h2-5,7,12H,6H2,1H3,(H2,19,20,21,22). The molecule has 1 aromatic heterocycles. The molecule has 3 rings (SSSR count). The van der Waals surface area contributed by atoms with Crippen LogP contribution in [0.1, 0.15) is 0 Å². The maximum atomic E-state index is 13.9. The summed E-state index contributed by atoms with van der Waals surface area (Å²) in [5, 5.41) is 6.74. The first kappa shape index (κ1) is 15.8. The third-order valence-corrected chi connectivity index (χ3v) is 3.99. The Morgan fingerprint density at radius 3 is 2.83 bits per heavy atom. The molecule has 0 radical (unpaired) electrons. The Labute approximate surface area is 142 Å². The quantitative estimate of drug-likeness (QED) is 0.880. The van der Waals surface area contributed by atoms with Gasteiger partial charge in [-0.2, -0.15) is 4.98 Å². The lowest BCUT2D eigenvalue weighted by Gasteiger charge is -2.20. The fraction of sp³-hybridized carbons (Fsp3) is 0.214. The number of aromatic nitrogens is 2. The van der Waals surface area contributed by atoms with Crippen LogP contribution in [-0.2, 0) is 0 Å². The van der Waals surface area contributed by atoms with Crippen molar-refractivity contribution < 1.29 is 4.39 Å². The lowest BCUT2D eigenvalue weighted by atomic mass is 10.3. The van der Waals surface area contributed by atoms with Gasteiger partial charge in [0.1, 0.15) is 6.17 Å². The highest BCUT2D eigenvalue weighted by molar-refractivity contribution is 6.42. The molecule has 1 aliphatic heterocycles. The van der Waals surface area contributed by atoms with Gasteiger partial charge in [0.05, 0.1) is 29.1 Å². The van der Waals surface area contributed by atoms with Gasteiger partial charge >= 0.3 is 0 Å². The minimum atomic E-state index is -0.572. The molecule has 23 heavy (non-hydrogen) atoms. The van der Waals surface area contributed by atoms with Crippen LogP contribution in [0.25, 0.3) is 0 Å². The van der Waals surface area contributed by atoms with Crippen LogP contribution in [0, 0.1) is 5.82 Å². The van der Waals surface area contributed by atoms with Gasteiger partial charge in [-0.15, -0.1) is 0 Å². The van der Waals surface area contributed by atoms with E-state index < -0.39 is 5.82 Å². The van der Waals surface area contributed by atoms with Crippen LogP contribution in [0.5, 0.6) is 0 Å². The molecule has 1 atom stereocenters. The molecule has 0 spiro atoms. The summed E-state index contributed by atoms with van der Waals surface area (Å²) in [4.78, 5) is 14.1. The minimum absolute atomic E-state index is 0.0439. The first-order valence-corrected chi connectivity index (χ1v) is 7.51. The summed E-state index contributed by atoms with van der Waals surface area (Å²) in [6.45, 7) is 0.576. The predicted molar refractivity (Wildman–Crippen MR) is 90.3 cm³/mol. The van der Waals surface area contributed by atoms with E-state index in [2.05, 4.69) is 25.6 Å². The molecular weight excluding hydrogens is 342 g/mol. The van der Waals surface area contributed by atoms with Crippen molar-refractivity contribution >= 4 is 47.0 Å². The van der Waals surface area contributed by atoms with E-state index in [0.717, 1.165) is 6.20 Å². The zero-order valence-corrected chi connectivity index (χ0v) is 13.6. The van der Waals surface area contributed by atoms with Gasteiger partial charge in [0.2, 0.25) is 5.95 Å². The molecule has 0 saturated carbocycles. The molecule has 2 heterocycles. The van der Waals surface area contributed by atoms with Crippen LogP contribution in [0.3, 0.4) is 0 Å². The zero-order valence-electron chi connectivity index (χ0n) is 12.1. The number of aliphatic imine (C=N–C) groups is 1. The summed E-state index contributed by atoms with van der Waals surface area (Å²) in [6.07, 6.45) is 2.76. The molecule has 2 aromatic rings. The number of benzene rings is 1. The molecule has 0 fully saturated rings. The topological polar surface area (TPSA) is 65.4 Å². The number of anilines is 3. The molecule has 1 unspecified atom stereocenters. The molecule has 1 aromatic carbocycles. The van der Waals surface area contributed by atoms with Gasteiger partial charge in [-0.05, 0) is 18.2 Å². The number of rotatable bonds is 4. The van der Waals surface area contributed by atoms with Crippen molar-refractivity contribution in [1.29, 1.82) is 0 Å². The van der Waals surface area contributed by atoms with Crippen LogP contribution in [0.15, 0.2) is 29.4 Å². The van der Waals surface area contributed by atoms with E-state index in [1.165, 1.54) is 0 Å². The van der Waals surface area contributed by atoms with Crippen molar-refractivity contribution in [3.63, 3.8) is 0 Å². The number of nitrogens with one attached hydrogen (secondary N) is 2. The summed E-state index contributed by atoms with van der Waals surface area (Å²) >= 11 is 11.8. The Kier molecular flexibility index (Phi) is 4.49. The van der Waals surface area contributed by atoms with Crippen molar-refractivity contribution in [2.45, 2.75) is 6.17 Å². The lowest BCUT2D eigenvalue weighted by molar-refractivity contribution is 0.449. The normalized spacial score (nSPS) is 16.7. The highest BCUT2D eigenvalue weighted by Crippen LogP contribution is 2.27. The van der Waals surface area contributed by atoms with E-state index in [9.17, 15) is 4.39 Å². The Bertz CT molecular complexity index is 754. The van der Waals surface area contributed by atoms with Crippen LogP contribution in [0.4, 0.5) is 21.8 Å². The zero-order chi connectivity index (χ0) is 16.4. The van der Waals surface area contributed by atoms with E-state index in [1.807, 2.05) is 11.9 Å². The first-order chi connectivity index (χ1) is 11.0. The molecule has 2 N–H and O–H groups in total. The monoisotopic (exact) mass is 354 g/mol. The second-order valence-corrected chi connectivity index (χ2v) is 5.76. The van der Waals surface area contributed by atoms with E-state index in [1.54, 1.807) is 24.5 Å². The number of hydrogen-bond donors (Lipinski definition) is 2. The van der Waals surface area contributed by atoms with Gasteiger partial charge in [-0.3, -0.25) is 4.99 Å². The summed E-state index contributed by atoms with van der Waals surface area (Å²) in [6, 6.07) is 4.90. The fourth-order valence-corrected chi connectivity index (χ4v) is 2.31. The summed E-state index contributed by atoms with van der Waals surface area (Å²) in [7, 11) is 1.88. The summed E-state index contributed by atoms with van der Waals surface area (Å²) < 4.78 is 13.9. The average molecular weight is 355 g/mol. The van der Waals surface area contributed by atoms with Crippen molar-refractivity contribution in [2.75, 3.05) is 24.2 Å².